The summed E-state index contributed by atoms with van der Waals surface area (Å²) in [5, 5.41) is 2.79. The molecular weight excluding hydrogens is 340 g/mol. The molecule has 2 saturated heterocycles. The van der Waals surface area contributed by atoms with Gasteiger partial charge in [0.1, 0.15) is 11.4 Å². The topological polar surface area (TPSA) is 50.8 Å². The van der Waals surface area contributed by atoms with Crippen LogP contribution in [0.15, 0.2) is 24.3 Å². The van der Waals surface area contributed by atoms with Crippen LogP contribution < -0.4 is 10.1 Å². The van der Waals surface area contributed by atoms with E-state index in [4.69, 9.17) is 9.47 Å². The lowest BCUT2D eigenvalue weighted by molar-refractivity contribution is -0.121. The van der Waals surface area contributed by atoms with E-state index in [2.05, 4.69) is 22.3 Å². The Bertz CT molecular complexity index is 649. The maximum atomic E-state index is 12.1. The lowest BCUT2D eigenvalue weighted by Crippen LogP contribution is -2.51. The number of carbonyl (C=O) groups is 1. The Balaban J connectivity index is 1.42. The number of hydrogen-bond donors (Lipinski definition) is 1. The average Bonchev–Trinajstić information content (AvgIpc) is 2.70. The number of hydrogen-bond acceptors (Lipinski definition) is 4. The van der Waals surface area contributed by atoms with Crippen LogP contribution in [0, 0.1) is 5.92 Å². The van der Waals surface area contributed by atoms with E-state index < -0.39 is 0 Å². The molecule has 1 atom stereocenters. The SMILES string of the molecule is CNC(=O)CC1CC2(CCN(CC3CCOCC3)CC2)Oc2ccccc21. The Morgan fingerprint density at radius 1 is 1.22 bits per heavy atom. The van der Waals surface area contributed by atoms with E-state index in [1.54, 1.807) is 7.05 Å². The van der Waals surface area contributed by atoms with Gasteiger partial charge in [-0.1, -0.05) is 18.2 Å². The molecule has 1 amide bonds. The highest BCUT2D eigenvalue weighted by Gasteiger charge is 2.43. The van der Waals surface area contributed by atoms with Crippen LogP contribution in [0.5, 0.6) is 5.75 Å². The van der Waals surface area contributed by atoms with Crippen molar-refractivity contribution in [3.8, 4) is 5.75 Å². The molecule has 1 aromatic rings. The summed E-state index contributed by atoms with van der Waals surface area (Å²) in [6.45, 7) is 5.21. The first-order chi connectivity index (χ1) is 13.2. The summed E-state index contributed by atoms with van der Waals surface area (Å²) in [5.74, 6) is 2.12. The molecule has 0 bridgehead atoms. The first-order valence-electron chi connectivity index (χ1n) is 10.5. The van der Waals surface area contributed by atoms with Crippen LogP contribution in [0.25, 0.3) is 0 Å². The number of nitrogens with one attached hydrogen (secondary N) is 1. The van der Waals surface area contributed by atoms with Crippen molar-refractivity contribution in [3.05, 3.63) is 29.8 Å². The summed E-state index contributed by atoms with van der Waals surface area (Å²) in [6.07, 6.45) is 5.98. The number of piperidine rings is 1. The van der Waals surface area contributed by atoms with Crippen LogP contribution in [-0.4, -0.2) is 56.3 Å². The Hall–Kier alpha value is -1.59. The van der Waals surface area contributed by atoms with E-state index in [-0.39, 0.29) is 17.4 Å². The zero-order valence-electron chi connectivity index (χ0n) is 16.4. The van der Waals surface area contributed by atoms with Crippen molar-refractivity contribution in [1.29, 1.82) is 0 Å². The largest absolute Gasteiger partial charge is 0.487 e. The average molecular weight is 373 g/mol. The van der Waals surface area contributed by atoms with Gasteiger partial charge in [-0.05, 0) is 49.7 Å². The van der Waals surface area contributed by atoms with Gasteiger partial charge in [-0.3, -0.25) is 4.79 Å². The summed E-state index contributed by atoms with van der Waals surface area (Å²) in [6, 6.07) is 8.28. The molecule has 27 heavy (non-hydrogen) atoms. The van der Waals surface area contributed by atoms with Gasteiger partial charge in [-0.2, -0.15) is 0 Å². The summed E-state index contributed by atoms with van der Waals surface area (Å²) >= 11 is 0. The van der Waals surface area contributed by atoms with Crippen molar-refractivity contribution in [2.45, 2.75) is 50.0 Å². The molecule has 5 nitrogen and oxygen atoms in total. The van der Waals surface area contributed by atoms with E-state index >= 15 is 0 Å². The third-order valence-corrected chi connectivity index (χ3v) is 6.64. The summed E-state index contributed by atoms with van der Waals surface area (Å²) in [4.78, 5) is 14.7. The number of para-hydroxylation sites is 1. The third-order valence-electron chi connectivity index (χ3n) is 6.64. The molecule has 1 unspecified atom stereocenters. The monoisotopic (exact) mass is 372 g/mol. The summed E-state index contributed by atoms with van der Waals surface area (Å²) in [7, 11) is 1.72. The molecule has 1 aromatic carbocycles. The van der Waals surface area contributed by atoms with Gasteiger partial charge in [0.2, 0.25) is 5.91 Å². The predicted molar refractivity (Wildman–Crippen MR) is 105 cm³/mol. The molecule has 1 spiro atoms. The second-order valence-electron chi connectivity index (χ2n) is 8.46. The number of nitrogens with zero attached hydrogens (tertiary/aromatic N) is 1. The maximum absolute atomic E-state index is 12.1. The number of carbonyl (C=O) groups excluding carboxylic acids is 1. The highest BCUT2D eigenvalue weighted by atomic mass is 16.5. The fourth-order valence-corrected chi connectivity index (χ4v) is 5.00. The molecule has 0 radical (unpaired) electrons. The molecule has 1 N–H and O–H groups in total. The molecule has 3 aliphatic heterocycles. The van der Waals surface area contributed by atoms with Gasteiger partial charge in [-0.25, -0.2) is 0 Å². The van der Waals surface area contributed by atoms with Gasteiger partial charge in [0.15, 0.2) is 0 Å². The quantitative estimate of drug-likeness (QED) is 0.883. The van der Waals surface area contributed by atoms with E-state index in [9.17, 15) is 4.79 Å². The van der Waals surface area contributed by atoms with Gasteiger partial charge < -0.3 is 19.7 Å². The van der Waals surface area contributed by atoms with Gasteiger partial charge in [0, 0.05) is 52.2 Å². The first kappa shape index (κ1) is 18.8. The first-order valence-corrected chi connectivity index (χ1v) is 10.5. The molecule has 3 aliphatic rings. The van der Waals surface area contributed by atoms with E-state index in [0.29, 0.717) is 6.42 Å². The Kier molecular flexibility index (Phi) is 5.69. The lowest BCUT2D eigenvalue weighted by Gasteiger charge is -2.47. The second-order valence-corrected chi connectivity index (χ2v) is 8.46. The van der Waals surface area contributed by atoms with Crippen LogP contribution in [0.2, 0.25) is 0 Å². The fourth-order valence-electron chi connectivity index (χ4n) is 5.00. The maximum Gasteiger partial charge on any atom is 0.220 e. The minimum Gasteiger partial charge on any atom is -0.487 e. The molecular formula is C22H32N2O3. The molecule has 0 aliphatic carbocycles. The minimum absolute atomic E-state index is 0.112. The van der Waals surface area contributed by atoms with Gasteiger partial charge >= 0.3 is 0 Å². The minimum atomic E-state index is -0.112. The molecule has 2 fully saturated rings. The van der Waals surface area contributed by atoms with E-state index in [0.717, 1.165) is 57.2 Å². The van der Waals surface area contributed by atoms with Crippen molar-refractivity contribution in [2.24, 2.45) is 5.92 Å². The normalized spacial score (nSPS) is 25.6. The van der Waals surface area contributed by atoms with Crippen molar-refractivity contribution >= 4 is 5.91 Å². The van der Waals surface area contributed by atoms with Crippen molar-refractivity contribution in [2.75, 3.05) is 39.9 Å². The number of amides is 1. The Morgan fingerprint density at radius 3 is 2.70 bits per heavy atom. The highest BCUT2D eigenvalue weighted by molar-refractivity contribution is 5.76. The molecule has 148 valence electrons. The number of ether oxygens (including phenoxy) is 2. The van der Waals surface area contributed by atoms with Gasteiger partial charge in [0.25, 0.3) is 0 Å². The van der Waals surface area contributed by atoms with E-state index in [1.807, 2.05) is 12.1 Å². The molecule has 0 aromatic heterocycles. The number of rotatable bonds is 4. The molecule has 5 heteroatoms. The van der Waals surface area contributed by atoms with Crippen LogP contribution >= 0.6 is 0 Å². The third kappa shape index (κ3) is 4.30. The molecule has 4 rings (SSSR count). The van der Waals surface area contributed by atoms with Crippen molar-refractivity contribution < 1.29 is 14.3 Å². The second kappa shape index (κ2) is 8.19. The Morgan fingerprint density at radius 2 is 1.96 bits per heavy atom. The highest BCUT2D eigenvalue weighted by Crippen LogP contribution is 2.46. The number of likely N-dealkylation sites (tertiary alicyclic amines) is 1. The zero-order valence-corrected chi connectivity index (χ0v) is 16.4. The standard InChI is InChI=1S/C22H32N2O3/c1-23-21(25)14-18-15-22(27-20-5-3-2-4-19(18)20)8-10-24(11-9-22)16-17-6-12-26-13-7-17/h2-5,17-18H,6-16H2,1H3,(H,23,25). The number of fused-ring (bicyclic) bond motifs is 1. The van der Waals surface area contributed by atoms with Gasteiger partial charge in [-0.15, -0.1) is 0 Å². The van der Waals surface area contributed by atoms with E-state index in [1.165, 1.54) is 24.9 Å². The smallest absolute Gasteiger partial charge is 0.220 e. The fraction of sp³-hybridized carbons (Fsp3) is 0.682. The van der Waals surface area contributed by atoms with Crippen molar-refractivity contribution in [3.63, 3.8) is 0 Å². The number of benzene rings is 1. The predicted octanol–water partition coefficient (Wildman–Crippen LogP) is 2.95. The van der Waals surface area contributed by atoms with Crippen molar-refractivity contribution in [1.82, 2.24) is 10.2 Å². The van der Waals surface area contributed by atoms with Gasteiger partial charge in [0.05, 0.1) is 0 Å². The zero-order chi connectivity index (χ0) is 18.7. The molecule has 0 saturated carbocycles. The summed E-state index contributed by atoms with van der Waals surface area (Å²) in [5.41, 5.74) is 1.08. The lowest BCUT2D eigenvalue weighted by atomic mass is 9.76. The van der Waals surface area contributed by atoms with Crippen LogP contribution in [0.1, 0.15) is 50.0 Å². The summed E-state index contributed by atoms with van der Waals surface area (Å²) < 4.78 is 12.1. The molecule has 3 heterocycles. The van der Waals surface area contributed by atoms with Crippen LogP contribution in [0.4, 0.5) is 0 Å². The Labute approximate surface area is 162 Å². The van der Waals surface area contributed by atoms with Crippen LogP contribution in [-0.2, 0) is 9.53 Å². The van der Waals surface area contributed by atoms with Crippen LogP contribution in [0.3, 0.4) is 0 Å².